The zero-order valence-corrected chi connectivity index (χ0v) is 14.7. The second-order valence-corrected chi connectivity index (χ2v) is 5.13. The normalized spacial score (nSPS) is 10.1. The van der Waals surface area contributed by atoms with Crippen LogP contribution in [-0.4, -0.2) is 49.7 Å². The quantitative estimate of drug-likeness (QED) is 0.581. The third-order valence-electron chi connectivity index (χ3n) is 3.23. The molecule has 0 aliphatic heterocycles. The van der Waals surface area contributed by atoms with Crippen LogP contribution in [0.2, 0.25) is 0 Å². The van der Waals surface area contributed by atoms with Crippen LogP contribution in [0.1, 0.15) is 33.6 Å². The Labute approximate surface area is 143 Å². The third kappa shape index (κ3) is 7.35. The standard InChI is InChI=1S/C18H27NO5/c1-4-12-19(13-11-18(21)23-6-3)17(20)14-24-16-9-7-15(8-10-16)22-5-2/h7-10H,4-6,11-14H2,1-3H3. The summed E-state index contributed by atoms with van der Waals surface area (Å²) in [6.45, 7) is 7.49. The summed E-state index contributed by atoms with van der Waals surface area (Å²) in [5.74, 6) is 0.931. The number of nitrogens with zero attached hydrogens (tertiary/aromatic N) is 1. The molecule has 0 N–H and O–H groups in total. The number of benzene rings is 1. The molecule has 134 valence electrons. The molecule has 1 aromatic carbocycles. The number of hydrogen-bond acceptors (Lipinski definition) is 5. The van der Waals surface area contributed by atoms with Gasteiger partial charge in [0.1, 0.15) is 11.5 Å². The van der Waals surface area contributed by atoms with Gasteiger partial charge >= 0.3 is 5.97 Å². The fourth-order valence-corrected chi connectivity index (χ4v) is 2.13. The fraction of sp³-hybridized carbons (Fsp3) is 0.556. The average molecular weight is 337 g/mol. The Morgan fingerprint density at radius 2 is 1.54 bits per heavy atom. The van der Waals surface area contributed by atoms with Gasteiger partial charge in [-0.3, -0.25) is 9.59 Å². The molecule has 0 atom stereocenters. The maximum atomic E-state index is 12.3. The molecule has 0 aliphatic rings. The zero-order valence-electron chi connectivity index (χ0n) is 14.7. The molecular formula is C18H27NO5. The van der Waals surface area contributed by atoms with E-state index in [9.17, 15) is 9.59 Å². The molecule has 0 saturated carbocycles. The first-order valence-corrected chi connectivity index (χ1v) is 8.39. The number of hydrogen-bond donors (Lipinski definition) is 0. The number of carbonyl (C=O) groups excluding carboxylic acids is 2. The monoisotopic (exact) mass is 337 g/mol. The topological polar surface area (TPSA) is 65.1 Å². The van der Waals surface area contributed by atoms with Gasteiger partial charge in [-0.05, 0) is 44.5 Å². The molecule has 1 aromatic rings. The lowest BCUT2D eigenvalue weighted by Gasteiger charge is -2.21. The van der Waals surface area contributed by atoms with E-state index < -0.39 is 0 Å². The summed E-state index contributed by atoms with van der Waals surface area (Å²) < 4.78 is 15.8. The lowest BCUT2D eigenvalue weighted by Crippen LogP contribution is -2.37. The summed E-state index contributed by atoms with van der Waals surface area (Å²) >= 11 is 0. The molecule has 0 fully saturated rings. The highest BCUT2D eigenvalue weighted by atomic mass is 16.5. The number of amides is 1. The molecular weight excluding hydrogens is 310 g/mol. The van der Waals surface area contributed by atoms with Crippen LogP contribution in [0.5, 0.6) is 11.5 Å². The Morgan fingerprint density at radius 1 is 0.917 bits per heavy atom. The Morgan fingerprint density at radius 3 is 2.08 bits per heavy atom. The number of carbonyl (C=O) groups is 2. The SMILES string of the molecule is CCCN(CCC(=O)OCC)C(=O)COc1ccc(OCC)cc1. The van der Waals surface area contributed by atoms with Crippen LogP contribution < -0.4 is 9.47 Å². The van der Waals surface area contributed by atoms with Gasteiger partial charge in [-0.15, -0.1) is 0 Å². The lowest BCUT2D eigenvalue weighted by atomic mass is 10.3. The Hall–Kier alpha value is -2.24. The van der Waals surface area contributed by atoms with E-state index in [1.54, 1.807) is 36.1 Å². The van der Waals surface area contributed by atoms with Gasteiger partial charge in [-0.2, -0.15) is 0 Å². The van der Waals surface area contributed by atoms with Crippen LogP contribution in [0.4, 0.5) is 0 Å². The maximum Gasteiger partial charge on any atom is 0.307 e. The molecule has 0 unspecified atom stereocenters. The number of ether oxygens (including phenoxy) is 3. The van der Waals surface area contributed by atoms with Crippen LogP contribution in [0.25, 0.3) is 0 Å². The van der Waals surface area contributed by atoms with E-state index in [1.165, 1.54) is 0 Å². The summed E-state index contributed by atoms with van der Waals surface area (Å²) in [6, 6.07) is 7.13. The molecule has 0 aliphatic carbocycles. The Balaban J connectivity index is 2.47. The van der Waals surface area contributed by atoms with E-state index >= 15 is 0 Å². The second kappa shape index (κ2) is 11.3. The van der Waals surface area contributed by atoms with Gasteiger partial charge in [0.15, 0.2) is 6.61 Å². The molecule has 0 heterocycles. The van der Waals surface area contributed by atoms with Crippen LogP contribution in [0.15, 0.2) is 24.3 Å². The van der Waals surface area contributed by atoms with Crippen molar-refractivity contribution in [3.63, 3.8) is 0 Å². The van der Waals surface area contributed by atoms with E-state index in [-0.39, 0.29) is 24.9 Å². The van der Waals surface area contributed by atoms with Gasteiger partial charge in [0.05, 0.1) is 19.6 Å². The van der Waals surface area contributed by atoms with E-state index in [0.29, 0.717) is 32.1 Å². The summed E-state index contributed by atoms with van der Waals surface area (Å²) in [7, 11) is 0. The van der Waals surface area contributed by atoms with Crippen molar-refractivity contribution < 1.29 is 23.8 Å². The van der Waals surface area contributed by atoms with Crippen molar-refractivity contribution in [1.29, 1.82) is 0 Å². The smallest absolute Gasteiger partial charge is 0.307 e. The van der Waals surface area contributed by atoms with Gasteiger partial charge in [0.25, 0.3) is 5.91 Å². The van der Waals surface area contributed by atoms with Crippen molar-refractivity contribution in [1.82, 2.24) is 4.90 Å². The second-order valence-electron chi connectivity index (χ2n) is 5.13. The molecule has 24 heavy (non-hydrogen) atoms. The number of esters is 1. The predicted octanol–water partition coefficient (Wildman–Crippen LogP) is 2.66. The molecule has 1 rings (SSSR count). The molecule has 1 amide bonds. The zero-order chi connectivity index (χ0) is 17.8. The summed E-state index contributed by atoms with van der Waals surface area (Å²) in [5.41, 5.74) is 0. The van der Waals surface area contributed by atoms with Crippen LogP contribution in [0, 0.1) is 0 Å². The van der Waals surface area contributed by atoms with E-state index in [1.807, 2.05) is 13.8 Å². The minimum Gasteiger partial charge on any atom is -0.494 e. The van der Waals surface area contributed by atoms with Crippen molar-refractivity contribution >= 4 is 11.9 Å². The van der Waals surface area contributed by atoms with Crippen molar-refractivity contribution in [2.45, 2.75) is 33.6 Å². The highest BCUT2D eigenvalue weighted by Gasteiger charge is 2.15. The van der Waals surface area contributed by atoms with Gasteiger partial charge in [-0.1, -0.05) is 6.92 Å². The first-order chi connectivity index (χ1) is 11.6. The van der Waals surface area contributed by atoms with Gasteiger partial charge in [0.2, 0.25) is 0 Å². The van der Waals surface area contributed by atoms with Crippen molar-refractivity contribution in [2.75, 3.05) is 32.9 Å². The summed E-state index contributed by atoms with van der Waals surface area (Å²) in [6.07, 6.45) is 1.01. The van der Waals surface area contributed by atoms with Crippen LogP contribution >= 0.6 is 0 Å². The molecule has 6 heteroatoms. The van der Waals surface area contributed by atoms with Gasteiger partial charge in [-0.25, -0.2) is 0 Å². The van der Waals surface area contributed by atoms with E-state index in [2.05, 4.69) is 0 Å². The Bertz CT molecular complexity index is 501. The minimum atomic E-state index is -0.293. The maximum absolute atomic E-state index is 12.3. The van der Waals surface area contributed by atoms with Gasteiger partial charge < -0.3 is 19.1 Å². The largest absolute Gasteiger partial charge is 0.494 e. The molecule has 0 bridgehead atoms. The molecule has 6 nitrogen and oxygen atoms in total. The van der Waals surface area contributed by atoms with Crippen LogP contribution in [-0.2, 0) is 14.3 Å². The number of rotatable bonds is 11. The average Bonchev–Trinajstić information content (AvgIpc) is 2.58. The fourth-order valence-electron chi connectivity index (χ4n) is 2.13. The van der Waals surface area contributed by atoms with Crippen molar-refractivity contribution in [3.05, 3.63) is 24.3 Å². The van der Waals surface area contributed by atoms with Crippen molar-refractivity contribution in [2.24, 2.45) is 0 Å². The van der Waals surface area contributed by atoms with Crippen molar-refractivity contribution in [3.8, 4) is 11.5 Å². The van der Waals surface area contributed by atoms with E-state index in [4.69, 9.17) is 14.2 Å². The lowest BCUT2D eigenvalue weighted by molar-refractivity contribution is -0.144. The minimum absolute atomic E-state index is 0.0587. The predicted molar refractivity (Wildman–Crippen MR) is 91.2 cm³/mol. The van der Waals surface area contributed by atoms with Crippen LogP contribution in [0.3, 0.4) is 0 Å². The van der Waals surface area contributed by atoms with Gasteiger partial charge in [0, 0.05) is 13.1 Å². The summed E-state index contributed by atoms with van der Waals surface area (Å²) in [4.78, 5) is 25.3. The highest BCUT2D eigenvalue weighted by molar-refractivity contribution is 5.78. The van der Waals surface area contributed by atoms with E-state index in [0.717, 1.165) is 12.2 Å². The highest BCUT2D eigenvalue weighted by Crippen LogP contribution is 2.17. The third-order valence-corrected chi connectivity index (χ3v) is 3.23. The summed E-state index contributed by atoms with van der Waals surface area (Å²) in [5, 5.41) is 0. The first-order valence-electron chi connectivity index (χ1n) is 8.39. The molecule has 0 aromatic heterocycles. The first kappa shape index (κ1) is 19.8. The molecule has 0 saturated heterocycles. The molecule has 0 spiro atoms. The Kier molecular flexibility index (Phi) is 9.34. The molecule has 0 radical (unpaired) electrons.